The van der Waals surface area contributed by atoms with E-state index in [2.05, 4.69) is 10.4 Å². The zero-order chi connectivity index (χ0) is 11.4. The zero-order valence-electron chi connectivity index (χ0n) is 10.1. The van der Waals surface area contributed by atoms with E-state index in [0.29, 0.717) is 6.10 Å². The van der Waals surface area contributed by atoms with Gasteiger partial charge in [0.25, 0.3) is 0 Å². The van der Waals surface area contributed by atoms with Gasteiger partial charge in [0, 0.05) is 25.4 Å². The number of rotatable bonds is 6. The third-order valence-electron chi connectivity index (χ3n) is 3.32. The van der Waals surface area contributed by atoms with E-state index in [4.69, 9.17) is 4.74 Å². The Kier molecular flexibility index (Phi) is 3.96. The quantitative estimate of drug-likeness (QED) is 0.781. The molecule has 90 valence electrons. The average molecular weight is 223 g/mol. The highest BCUT2D eigenvalue weighted by Crippen LogP contribution is 2.29. The van der Waals surface area contributed by atoms with Crippen LogP contribution >= 0.6 is 0 Å². The lowest BCUT2D eigenvalue weighted by atomic mass is 9.82. The van der Waals surface area contributed by atoms with E-state index in [9.17, 15) is 0 Å². The highest BCUT2D eigenvalue weighted by atomic mass is 16.5. The van der Waals surface area contributed by atoms with Gasteiger partial charge < -0.3 is 10.1 Å². The Labute approximate surface area is 97.0 Å². The molecule has 0 aliphatic heterocycles. The van der Waals surface area contributed by atoms with Crippen molar-refractivity contribution in [3.8, 4) is 0 Å². The fourth-order valence-electron chi connectivity index (χ4n) is 2.24. The third-order valence-corrected chi connectivity index (χ3v) is 3.32. The SMILES string of the molecule is CNCC1CC(OCCc2ccnn2C)C1. The van der Waals surface area contributed by atoms with Crippen molar-refractivity contribution >= 4 is 0 Å². The van der Waals surface area contributed by atoms with Crippen LogP contribution in [0.2, 0.25) is 0 Å². The molecule has 0 bridgehead atoms. The van der Waals surface area contributed by atoms with E-state index >= 15 is 0 Å². The molecule has 16 heavy (non-hydrogen) atoms. The molecule has 1 heterocycles. The van der Waals surface area contributed by atoms with Crippen molar-refractivity contribution in [2.75, 3.05) is 20.2 Å². The molecular weight excluding hydrogens is 202 g/mol. The molecule has 1 aliphatic rings. The molecule has 1 aliphatic carbocycles. The van der Waals surface area contributed by atoms with Crippen LogP contribution in [-0.2, 0) is 18.2 Å². The molecule has 1 aromatic heterocycles. The van der Waals surface area contributed by atoms with Gasteiger partial charge in [-0.05, 0) is 38.4 Å². The summed E-state index contributed by atoms with van der Waals surface area (Å²) in [7, 11) is 3.98. The van der Waals surface area contributed by atoms with Gasteiger partial charge in [0.05, 0.1) is 12.7 Å². The molecular formula is C12H21N3O. The van der Waals surface area contributed by atoms with E-state index in [1.807, 2.05) is 31.0 Å². The first-order valence-corrected chi connectivity index (χ1v) is 6.02. The first kappa shape index (κ1) is 11.6. The highest BCUT2D eigenvalue weighted by Gasteiger charge is 2.28. The molecule has 0 radical (unpaired) electrons. The standard InChI is InChI=1S/C12H21N3O/c1-13-9-10-7-12(8-10)16-6-4-11-3-5-14-15(11)2/h3,5,10,12-13H,4,6-9H2,1-2H3. The van der Waals surface area contributed by atoms with E-state index in [0.717, 1.165) is 25.5 Å². The van der Waals surface area contributed by atoms with E-state index < -0.39 is 0 Å². The number of ether oxygens (including phenoxy) is 1. The number of hydrogen-bond acceptors (Lipinski definition) is 3. The van der Waals surface area contributed by atoms with Crippen LogP contribution in [0.5, 0.6) is 0 Å². The fourth-order valence-corrected chi connectivity index (χ4v) is 2.24. The monoisotopic (exact) mass is 223 g/mol. The summed E-state index contributed by atoms with van der Waals surface area (Å²) >= 11 is 0. The lowest BCUT2D eigenvalue weighted by molar-refractivity contribution is -0.0284. The Morgan fingerprint density at radius 3 is 3.00 bits per heavy atom. The lowest BCUT2D eigenvalue weighted by Gasteiger charge is -2.35. The van der Waals surface area contributed by atoms with Gasteiger partial charge in [0.15, 0.2) is 0 Å². The summed E-state index contributed by atoms with van der Waals surface area (Å²) in [5.74, 6) is 0.826. The first-order chi connectivity index (χ1) is 7.79. The van der Waals surface area contributed by atoms with Crippen molar-refractivity contribution in [2.24, 2.45) is 13.0 Å². The second-order valence-electron chi connectivity index (χ2n) is 4.58. The zero-order valence-corrected chi connectivity index (χ0v) is 10.1. The summed E-state index contributed by atoms with van der Waals surface area (Å²) in [4.78, 5) is 0. The van der Waals surface area contributed by atoms with Crippen molar-refractivity contribution in [3.05, 3.63) is 18.0 Å². The number of hydrogen-bond donors (Lipinski definition) is 1. The minimum Gasteiger partial charge on any atom is -0.378 e. The van der Waals surface area contributed by atoms with Crippen LogP contribution in [0.3, 0.4) is 0 Å². The van der Waals surface area contributed by atoms with E-state index in [-0.39, 0.29) is 0 Å². The topological polar surface area (TPSA) is 39.1 Å². The number of aromatic nitrogens is 2. The molecule has 0 spiro atoms. The highest BCUT2D eigenvalue weighted by molar-refractivity contribution is 4.99. The summed E-state index contributed by atoms with van der Waals surface area (Å²) in [6.45, 7) is 1.94. The molecule has 0 atom stereocenters. The minimum absolute atomic E-state index is 0.492. The van der Waals surface area contributed by atoms with Crippen LogP contribution in [0.15, 0.2) is 12.3 Å². The second-order valence-corrected chi connectivity index (χ2v) is 4.58. The maximum atomic E-state index is 5.81. The Morgan fingerprint density at radius 1 is 1.56 bits per heavy atom. The van der Waals surface area contributed by atoms with Crippen LogP contribution in [0, 0.1) is 5.92 Å². The minimum atomic E-state index is 0.492. The normalized spacial score (nSPS) is 24.4. The van der Waals surface area contributed by atoms with Crippen molar-refractivity contribution in [3.63, 3.8) is 0 Å². The summed E-state index contributed by atoms with van der Waals surface area (Å²) in [5, 5.41) is 7.35. The van der Waals surface area contributed by atoms with Crippen molar-refractivity contribution < 1.29 is 4.74 Å². The lowest BCUT2D eigenvalue weighted by Crippen LogP contribution is -2.37. The third kappa shape index (κ3) is 2.83. The van der Waals surface area contributed by atoms with Gasteiger partial charge in [-0.3, -0.25) is 4.68 Å². The summed E-state index contributed by atoms with van der Waals surface area (Å²) in [6, 6.07) is 2.05. The van der Waals surface area contributed by atoms with Gasteiger partial charge in [-0.15, -0.1) is 0 Å². The predicted molar refractivity (Wildman–Crippen MR) is 63.3 cm³/mol. The maximum Gasteiger partial charge on any atom is 0.0581 e. The Hall–Kier alpha value is -0.870. The molecule has 0 unspecified atom stereocenters. The number of nitrogens with zero attached hydrogens (tertiary/aromatic N) is 2. The molecule has 0 amide bonds. The van der Waals surface area contributed by atoms with Crippen molar-refractivity contribution in [2.45, 2.75) is 25.4 Å². The molecule has 0 saturated heterocycles. The average Bonchev–Trinajstić information content (AvgIpc) is 2.60. The summed E-state index contributed by atoms with van der Waals surface area (Å²) in [5.41, 5.74) is 1.24. The fraction of sp³-hybridized carbons (Fsp3) is 0.750. The Morgan fingerprint density at radius 2 is 2.38 bits per heavy atom. The largest absolute Gasteiger partial charge is 0.378 e. The van der Waals surface area contributed by atoms with Gasteiger partial charge in [-0.1, -0.05) is 0 Å². The molecule has 1 N–H and O–H groups in total. The van der Waals surface area contributed by atoms with Crippen LogP contribution in [0.1, 0.15) is 18.5 Å². The maximum absolute atomic E-state index is 5.81. The van der Waals surface area contributed by atoms with Gasteiger partial charge >= 0.3 is 0 Å². The van der Waals surface area contributed by atoms with Crippen LogP contribution < -0.4 is 5.32 Å². The van der Waals surface area contributed by atoms with Gasteiger partial charge in [0.1, 0.15) is 0 Å². The van der Waals surface area contributed by atoms with Gasteiger partial charge in [-0.25, -0.2) is 0 Å². The Balaban J connectivity index is 1.58. The van der Waals surface area contributed by atoms with Crippen LogP contribution in [0.4, 0.5) is 0 Å². The van der Waals surface area contributed by atoms with Crippen LogP contribution in [-0.4, -0.2) is 36.1 Å². The number of nitrogens with one attached hydrogen (secondary N) is 1. The Bertz CT molecular complexity index is 318. The van der Waals surface area contributed by atoms with E-state index in [1.54, 1.807) is 0 Å². The molecule has 1 aromatic rings. The summed E-state index contributed by atoms with van der Waals surface area (Å²) < 4.78 is 7.72. The number of aryl methyl sites for hydroxylation is 1. The molecule has 0 aromatic carbocycles. The van der Waals surface area contributed by atoms with Gasteiger partial charge in [0.2, 0.25) is 0 Å². The van der Waals surface area contributed by atoms with Crippen LogP contribution in [0.25, 0.3) is 0 Å². The molecule has 2 rings (SSSR count). The first-order valence-electron chi connectivity index (χ1n) is 6.02. The van der Waals surface area contributed by atoms with E-state index in [1.165, 1.54) is 18.5 Å². The molecule has 4 nitrogen and oxygen atoms in total. The molecule has 1 saturated carbocycles. The van der Waals surface area contributed by atoms with Crippen molar-refractivity contribution in [1.29, 1.82) is 0 Å². The summed E-state index contributed by atoms with van der Waals surface area (Å²) in [6.07, 6.45) is 5.72. The van der Waals surface area contributed by atoms with Gasteiger partial charge in [-0.2, -0.15) is 5.10 Å². The second kappa shape index (κ2) is 5.46. The van der Waals surface area contributed by atoms with Crippen molar-refractivity contribution in [1.82, 2.24) is 15.1 Å². The smallest absolute Gasteiger partial charge is 0.0581 e. The molecule has 1 fully saturated rings. The molecule has 4 heteroatoms. The predicted octanol–water partition coefficient (Wildman–Crippen LogP) is 0.977.